The van der Waals surface area contributed by atoms with E-state index in [-0.39, 0.29) is 0 Å². The lowest BCUT2D eigenvalue weighted by Gasteiger charge is -1.98. The third-order valence-electron chi connectivity index (χ3n) is 2.03. The molecule has 3 heteroatoms. The van der Waals surface area contributed by atoms with Crippen molar-refractivity contribution >= 4 is 11.8 Å². The van der Waals surface area contributed by atoms with Crippen LogP contribution in [0, 0.1) is 17.2 Å². The van der Waals surface area contributed by atoms with Gasteiger partial charge in [0.1, 0.15) is 11.8 Å². The van der Waals surface area contributed by atoms with Gasteiger partial charge in [-0.15, -0.1) is 11.8 Å². The molecule has 0 N–H and O–H groups in total. The molecule has 1 heterocycles. The van der Waals surface area contributed by atoms with Gasteiger partial charge in [-0.25, -0.2) is 4.98 Å². The molecule has 0 radical (unpaired) electrons. The normalized spacial score (nSPS) is 15.3. The summed E-state index contributed by atoms with van der Waals surface area (Å²) in [5.41, 5.74) is 0.496. The fourth-order valence-corrected chi connectivity index (χ4v) is 2.08. The summed E-state index contributed by atoms with van der Waals surface area (Å²) in [6.07, 6.45) is 4.55. The predicted molar refractivity (Wildman–Crippen MR) is 52.4 cm³/mol. The van der Waals surface area contributed by atoms with Crippen molar-refractivity contribution in [1.29, 1.82) is 5.26 Å². The minimum absolute atomic E-state index is 0.496. The van der Waals surface area contributed by atoms with Gasteiger partial charge in [-0.05, 0) is 30.9 Å². The Morgan fingerprint density at radius 2 is 2.38 bits per heavy atom. The summed E-state index contributed by atoms with van der Waals surface area (Å²) in [5, 5.41) is 8.54. The Balaban J connectivity index is 1.93. The van der Waals surface area contributed by atoms with Gasteiger partial charge < -0.3 is 0 Å². The summed E-state index contributed by atoms with van der Waals surface area (Å²) in [5.74, 6) is 2.13. The number of pyridine rings is 1. The van der Waals surface area contributed by atoms with Crippen LogP contribution in [0.25, 0.3) is 0 Å². The maximum Gasteiger partial charge on any atom is 0.140 e. The SMILES string of the molecule is N#Cc1ccc(SCC2CC2)cn1. The van der Waals surface area contributed by atoms with E-state index < -0.39 is 0 Å². The molecule has 1 aliphatic carbocycles. The molecule has 1 aromatic rings. The summed E-state index contributed by atoms with van der Waals surface area (Å²) in [4.78, 5) is 5.19. The highest BCUT2D eigenvalue weighted by Crippen LogP contribution is 2.34. The Hall–Kier alpha value is -1.01. The van der Waals surface area contributed by atoms with Crippen LogP contribution in [0.15, 0.2) is 23.2 Å². The highest BCUT2D eigenvalue weighted by molar-refractivity contribution is 7.99. The molecule has 1 fully saturated rings. The molecule has 13 heavy (non-hydrogen) atoms. The smallest absolute Gasteiger partial charge is 0.140 e. The highest BCUT2D eigenvalue weighted by Gasteiger charge is 2.20. The zero-order valence-corrected chi connectivity index (χ0v) is 8.05. The Labute approximate surface area is 82.0 Å². The third kappa shape index (κ3) is 2.46. The topological polar surface area (TPSA) is 36.7 Å². The molecule has 0 aromatic carbocycles. The van der Waals surface area contributed by atoms with Gasteiger partial charge >= 0.3 is 0 Å². The molecule has 1 aliphatic rings. The summed E-state index contributed by atoms with van der Waals surface area (Å²) in [6.45, 7) is 0. The van der Waals surface area contributed by atoms with Crippen molar-refractivity contribution in [2.75, 3.05) is 5.75 Å². The monoisotopic (exact) mass is 190 g/mol. The summed E-state index contributed by atoms with van der Waals surface area (Å²) >= 11 is 1.84. The van der Waals surface area contributed by atoms with E-state index in [2.05, 4.69) is 4.98 Å². The van der Waals surface area contributed by atoms with Gasteiger partial charge in [-0.1, -0.05) is 0 Å². The van der Waals surface area contributed by atoms with Gasteiger partial charge in [0.2, 0.25) is 0 Å². The van der Waals surface area contributed by atoms with E-state index in [0.717, 1.165) is 5.92 Å². The summed E-state index contributed by atoms with van der Waals surface area (Å²) in [6, 6.07) is 5.75. The van der Waals surface area contributed by atoms with Gasteiger partial charge in [0.25, 0.3) is 0 Å². The lowest BCUT2D eigenvalue weighted by Crippen LogP contribution is -1.84. The van der Waals surface area contributed by atoms with Crippen molar-refractivity contribution in [3.8, 4) is 6.07 Å². The fraction of sp³-hybridized carbons (Fsp3) is 0.400. The predicted octanol–water partition coefficient (Wildman–Crippen LogP) is 2.46. The molecule has 1 aromatic heterocycles. The van der Waals surface area contributed by atoms with Crippen molar-refractivity contribution in [2.45, 2.75) is 17.7 Å². The Morgan fingerprint density at radius 3 is 2.92 bits per heavy atom. The molecule has 0 saturated heterocycles. The molecular weight excluding hydrogens is 180 g/mol. The van der Waals surface area contributed by atoms with E-state index in [0.29, 0.717) is 5.69 Å². The molecule has 2 rings (SSSR count). The summed E-state index contributed by atoms with van der Waals surface area (Å²) in [7, 11) is 0. The Bertz CT molecular complexity index is 322. The average molecular weight is 190 g/mol. The molecule has 66 valence electrons. The van der Waals surface area contributed by atoms with E-state index in [1.54, 1.807) is 12.3 Å². The number of hydrogen-bond acceptors (Lipinski definition) is 3. The quantitative estimate of drug-likeness (QED) is 0.687. The van der Waals surface area contributed by atoms with Crippen molar-refractivity contribution in [2.24, 2.45) is 5.92 Å². The average Bonchev–Trinajstić information content (AvgIpc) is 2.99. The van der Waals surface area contributed by atoms with Gasteiger partial charge in [-0.3, -0.25) is 0 Å². The minimum atomic E-state index is 0.496. The Morgan fingerprint density at radius 1 is 1.54 bits per heavy atom. The molecule has 2 nitrogen and oxygen atoms in total. The lowest BCUT2D eigenvalue weighted by atomic mass is 10.4. The minimum Gasteiger partial charge on any atom is -0.244 e. The van der Waals surface area contributed by atoms with Crippen LogP contribution in [-0.2, 0) is 0 Å². The largest absolute Gasteiger partial charge is 0.244 e. The summed E-state index contributed by atoms with van der Waals surface area (Å²) < 4.78 is 0. The maximum absolute atomic E-state index is 8.54. The first kappa shape index (κ1) is 8.58. The molecule has 0 atom stereocenters. The Kier molecular flexibility index (Phi) is 2.51. The second kappa shape index (κ2) is 3.80. The van der Waals surface area contributed by atoms with Crippen LogP contribution in [0.3, 0.4) is 0 Å². The van der Waals surface area contributed by atoms with Crippen LogP contribution in [0.4, 0.5) is 0 Å². The molecule has 0 bridgehead atoms. The van der Waals surface area contributed by atoms with Gasteiger partial charge in [0.15, 0.2) is 0 Å². The number of nitriles is 1. The van der Waals surface area contributed by atoms with Crippen molar-refractivity contribution < 1.29 is 0 Å². The van der Waals surface area contributed by atoms with Crippen LogP contribution in [0.1, 0.15) is 18.5 Å². The standard InChI is InChI=1S/C10H10N2S/c11-5-9-3-4-10(6-12-9)13-7-8-1-2-8/h3-4,6,8H,1-2,7H2. The van der Waals surface area contributed by atoms with Crippen LogP contribution in [0.2, 0.25) is 0 Å². The number of nitrogens with zero attached hydrogens (tertiary/aromatic N) is 2. The fourth-order valence-electron chi connectivity index (χ4n) is 1.03. The molecule has 0 unspecified atom stereocenters. The third-order valence-corrected chi connectivity index (χ3v) is 3.25. The first-order valence-electron chi connectivity index (χ1n) is 4.37. The molecule has 0 amide bonds. The van der Waals surface area contributed by atoms with E-state index in [9.17, 15) is 0 Å². The van der Waals surface area contributed by atoms with E-state index in [1.165, 1.54) is 23.5 Å². The van der Waals surface area contributed by atoms with Crippen molar-refractivity contribution in [1.82, 2.24) is 4.98 Å². The zero-order chi connectivity index (χ0) is 9.10. The molecule has 0 aliphatic heterocycles. The van der Waals surface area contributed by atoms with Gasteiger partial charge in [-0.2, -0.15) is 5.26 Å². The number of aromatic nitrogens is 1. The number of hydrogen-bond donors (Lipinski definition) is 0. The van der Waals surface area contributed by atoms with Crippen LogP contribution in [-0.4, -0.2) is 10.7 Å². The second-order valence-corrected chi connectivity index (χ2v) is 4.34. The van der Waals surface area contributed by atoms with E-state index in [4.69, 9.17) is 5.26 Å². The van der Waals surface area contributed by atoms with Gasteiger partial charge in [0, 0.05) is 16.8 Å². The first-order chi connectivity index (χ1) is 6.38. The molecule has 1 saturated carbocycles. The van der Waals surface area contributed by atoms with Crippen LogP contribution < -0.4 is 0 Å². The van der Waals surface area contributed by atoms with E-state index in [1.807, 2.05) is 23.9 Å². The maximum atomic E-state index is 8.54. The highest BCUT2D eigenvalue weighted by atomic mass is 32.2. The number of rotatable bonds is 3. The van der Waals surface area contributed by atoms with Crippen molar-refractivity contribution in [3.05, 3.63) is 24.0 Å². The zero-order valence-electron chi connectivity index (χ0n) is 7.23. The second-order valence-electron chi connectivity index (χ2n) is 3.25. The van der Waals surface area contributed by atoms with Gasteiger partial charge in [0.05, 0.1) is 0 Å². The number of thioether (sulfide) groups is 1. The molecular formula is C10H10N2S. The first-order valence-corrected chi connectivity index (χ1v) is 5.36. The molecule has 0 spiro atoms. The van der Waals surface area contributed by atoms with Crippen LogP contribution in [0.5, 0.6) is 0 Å². The van der Waals surface area contributed by atoms with E-state index >= 15 is 0 Å². The van der Waals surface area contributed by atoms with Crippen LogP contribution >= 0.6 is 11.8 Å². The van der Waals surface area contributed by atoms with Crippen molar-refractivity contribution in [3.63, 3.8) is 0 Å². The lowest BCUT2D eigenvalue weighted by molar-refractivity contribution is 0.999.